The highest BCUT2D eigenvalue weighted by atomic mass is 35.5. The molecule has 158 valence electrons. The summed E-state index contributed by atoms with van der Waals surface area (Å²) in [6, 6.07) is 9.77. The quantitative estimate of drug-likeness (QED) is 0.352. The number of guanidine groups is 1. The van der Waals surface area contributed by atoms with Gasteiger partial charge in [0.05, 0.1) is 25.3 Å². The molecular weight excluding hydrogens is 390 g/mol. The zero-order chi connectivity index (χ0) is 20.3. The average Bonchev–Trinajstić information content (AvgIpc) is 3.43. The Hall–Kier alpha value is -2.09. The van der Waals surface area contributed by atoms with Crippen molar-refractivity contribution in [3.05, 3.63) is 53.3 Å². The fourth-order valence-electron chi connectivity index (χ4n) is 3.18. The first-order valence-corrected chi connectivity index (χ1v) is 10.6. The summed E-state index contributed by atoms with van der Waals surface area (Å²) in [5, 5.41) is 11.8. The van der Waals surface area contributed by atoms with Crippen molar-refractivity contribution in [2.24, 2.45) is 4.99 Å². The van der Waals surface area contributed by atoms with Crippen LogP contribution >= 0.6 is 11.6 Å². The van der Waals surface area contributed by atoms with Gasteiger partial charge in [-0.25, -0.2) is 0 Å². The van der Waals surface area contributed by atoms with Gasteiger partial charge in [-0.3, -0.25) is 9.67 Å². The highest BCUT2D eigenvalue weighted by Gasteiger charge is 2.16. The lowest BCUT2D eigenvalue weighted by Crippen LogP contribution is -2.38. The number of benzene rings is 1. The molecule has 2 aromatic rings. The molecule has 1 saturated heterocycles. The molecule has 0 saturated carbocycles. The first-order valence-electron chi connectivity index (χ1n) is 10.2. The predicted molar refractivity (Wildman–Crippen MR) is 116 cm³/mol. The van der Waals surface area contributed by atoms with Crippen LogP contribution < -0.4 is 10.6 Å². The molecule has 0 amide bonds. The molecule has 1 fully saturated rings. The second-order valence-corrected chi connectivity index (χ2v) is 7.35. The van der Waals surface area contributed by atoms with Gasteiger partial charge in [-0.2, -0.15) is 5.10 Å². The zero-order valence-electron chi connectivity index (χ0n) is 16.9. The van der Waals surface area contributed by atoms with Crippen molar-refractivity contribution < 1.29 is 9.47 Å². The Balaban J connectivity index is 1.54. The Morgan fingerprint density at radius 3 is 2.93 bits per heavy atom. The number of rotatable bonds is 10. The van der Waals surface area contributed by atoms with Gasteiger partial charge < -0.3 is 20.1 Å². The van der Waals surface area contributed by atoms with E-state index in [0.29, 0.717) is 6.54 Å². The van der Waals surface area contributed by atoms with Gasteiger partial charge in [0.15, 0.2) is 5.96 Å². The van der Waals surface area contributed by atoms with Crippen LogP contribution in [0.15, 0.2) is 47.7 Å². The normalized spacial score (nSPS) is 18.0. The number of hydrogen-bond acceptors (Lipinski definition) is 4. The van der Waals surface area contributed by atoms with Crippen molar-refractivity contribution in [2.75, 3.05) is 39.5 Å². The van der Waals surface area contributed by atoms with E-state index in [1.807, 2.05) is 41.2 Å². The summed E-state index contributed by atoms with van der Waals surface area (Å²) in [5.74, 6) is 0.794. The largest absolute Gasteiger partial charge is 0.379 e. The van der Waals surface area contributed by atoms with Crippen LogP contribution in [0.2, 0.25) is 5.02 Å². The SMILES string of the molecule is CCNC(=NCC(c1ccc(Cl)cc1)n1cccn1)NCCCOC1CCOC1. The van der Waals surface area contributed by atoms with Crippen molar-refractivity contribution >= 4 is 17.6 Å². The van der Waals surface area contributed by atoms with Crippen LogP contribution in [0.4, 0.5) is 0 Å². The lowest BCUT2D eigenvalue weighted by atomic mass is 10.1. The highest BCUT2D eigenvalue weighted by molar-refractivity contribution is 6.30. The molecule has 1 aliphatic heterocycles. The summed E-state index contributed by atoms with van der Waals surface area (Å²) in [6.07, 6.45) is 5.91. The maximum absolute atomic E-state index is 6.05. The molecule has 2 atom stereocenters. The molecule has 2 N–H and O–H groups in total. The Labute approximate surface area is 177 Å². The number of halogens is 1. The topological polar surface area (TPSA) is 72.7 Å². The minimum atomic E-state index is 0.00317. The molecule has 1 aromatic carbocycles. The number of aliphatic imine (C=N–C) groups is 1. The Bertz CT molecular complexity index is 730. The smallest absolute Gasteiger partial charge is 0.191 e. The van der Waals surface area contributed by atoms with Crippen LogP contribution in [0.1, 0.15) is 31.4 Å². The van der Waals surface area contributed by atoms with Gasteiger partial charge in [-0.05, 0) is 43.5 Å². The summed E-state index contributed by atoms with van der Waals surface area (Å²) in [6.45, 7) is 6.48. The van der Waals surface area contributed by atoms with E-state index in [1.165, 1.54) is 0 Å². The maximum atomic E-state index is 6.05. The third kappa shape index (κ3) is 7.03. The first-order chi connectivity index (χ1) is 14.3. The van der Waals surface area contributed by atoms with Crippen molar-refractivity contribution in [3.63, 3.8) is 0 Å². The third-order valence-corrected chi connectivity index (χ3v) is 4.97. The van der Waals surface area contributed by atoms with Crippen molar-refractivity contribution in [1.82, 2.24) is 20.4 Å². The van der Waals surface area contributed by atoms with Crippen molar-refractivity contribution in [1.29, 1.82) is 0 Å². The molecule has 1 aliphatic rings. The fourth-order valence-corrected chi connectivity index (χ4v) is 3.31. The molecule has 2 unspecified atom stereocenters. The van der Waals surface area contributed by atoms with Crippen LogP contribution in [0.25, 0.3) is 0 Å². The lowest BCUT2D eigenvalue weighted by Gasteiger charge is -2.18. The highest BCUT2D eigenvalue weighted by Crippen LogP contribution is 2.20. The van der Waals surface area contributed by atoms with E-state index in [4.69, 9.17) is 26.1 Å². The summed E-state index contributed by atoms with van der Waals surface area (Å²) in [7, 11) is 0. The lowest BCUT2D eigenvalue weighted by molar-refractivity contribution is 0.0420. The van der Waals surface area contributed by atoms with E-state index < -0.39 is 0 Å². The summed E-state index contributed by atoms with van der Waals surface area (Å²) >= 11 is 6.05. The molecule has 0 radical (unpaired) electrons. The molecule has 29 heavy (non-hydrogen) atoms. The minimum absolute atomic E-state index is 0.00317. The first kappa shape index (κ1) is 21.6. The molecule has 0 bridgehead atoms. The molecule has 1 aromatic heterocycles. The van der Waals surface area contributed by atoms with E-state index in [1.54, 1.807) is 6.20 Å². The molecule has 0 aliphatic carbocycles. The van der Waals surface area contributed by atoms with Gasteiger partial charge >= 0.3 is 0 Å². The van der Waals surface area contributed by atoms with Gasteiger partial charge in [0, 0.05) is 43.7 Å². The Kier molecular flexibility index (Phi) is 8.80. The van der Waals surface area contributed by atoms with Crippen LogP contribution in [-0.4, -0.2) is 61.3 Å². The van der Waals surface area contributed by atoms with Crippen LogP contribution in [0.3, 0.4) is 0 Å². The van der Waals surface area contributed by atoms with Gasteiger partial charge in [-0.1, -0.05) is 23.7 Å². The van der Waals surface area contributed by atoms with E-state index in [0.717, 1.165) is 62.3 Å². The van der Waals surface area contributed by atoms with Gasteiger partial charge in [0.25, 0.3) is 0 Å². The number of hydrogen-bond donors (Lipinski definition) is 2. The minimum Gasteiger partial charge on any atom is -0.379 e. The monoisotopic (exact) mass is 419 g/mol. The fraction of sp³-hybridized carbons (Fsp3) is 0.524. The summed E-state index contributed by atoms with van der Waals surface area (Å²) in [4.78, 5) is 4.78. The van der Waals surface area contributed by atoms with Crippen LogP contribution in [-0.2, 0) is 9.47 Å². The van der Waals surface area contributed by atoms with Gasteiger partial charge in [-0.15, -0.1) is 0 Å². The van der Waals surface area contributed by atoms with Gasteiger partial charge in [0.2, 0.25) is 0 Å². The second-order valence-electron chi connectivity index (χ2n) is 6.91. The Morgan fingerprint density at radius 2 is 2.24 bits per heavy atom. The maximum Gasteiger partial charge on any atom is 0.191 e. The summed E-state index contributed by atoms with van der Waals surface area (Å²) in [5.41, 5.74) is 1.12. The van der Waals surface area contributed by atoms with E-state index in [9.17, 15) is 0 Å². The van der Waals surface area contributed by atoms with E-state index >= 15 is 0 Å². The number of aromatic nitrogens is 2. The molecular formula is C21H30ClN5O2. The average molecular weight is 420 g/mol. The number of ether oxygens (including phenoxy) is 2. The zero-order valence-corrected chi connectivity index (χ0v) is 17.6. The third-order valence-electron chi connectivity index (χ3n) is 4.72. The molecule has 3 rings (SSSR count). The van der Waals surface area contributed by atoms with E-state index in [-0.39, 0.29) is 12.1 Å². The van der Waals surface area contributed by atoms with Crippen molar-refractivity contribution in [2.45, 2.75) is 31.9 Å². The molecule has 7 nitrogen and oxygen atoms in total. The number of nitrogens with zero attached hydrogens (tertiary/aromatic N) is 3. The van der Waals surface area contributed by atoms with Gasteiger partial charge in [0.1, 0.15) is 0 Å². The molecule has 2 heterocycles. The molecule has 0 spiro atoms. The Morgan fingerprint density at radius 1 is 1.38 bits per heavy atom. The van der Waals surface area contributed by atoms with Crippen LogP contribution in [0, 0.1) is 0 Å². The predicted octanol–water partition coefficient (Wildman–Crippen LogP) is 2.88. The number of nitrogens with one attached hydrogen (secondary N) is 2. The van der Waals surface area contributed by atoms with Crippen LogP contribution in [0.5, 0.6) is 0 Å². The standard InChI is InChI=1S/C21H30ClN5O2/c1-2-23-21(24-10-4-13-29-19-9-14-28-16-19)25-15-20(27-12-3-11-26-27)17-5-7-18(22)8-6-17/h3,5-8,11-12,19-20H,2,4,9-10,13-16H2,1H3,(H2,23,24,25). The molecule has 8 heteroatoms. The van der Waals surface area contributed by atoms with Crippen molar-refractivity contribution in [3.8, 4) is 0 Å². The second kappa shape index (κ2) is 11.8. The van der Waals surface area contributed by atoms with E-state index in [2.05, 4.69) is 22.7 Å². The summed E-state index contributed by atoms with van der Waals surface area (Å²) < 4.78 is 13.1.